The maximum absolute atomic E-state index is 13.2. The van der Waals surface area contributed by atoms with Gasteiger partial charge in [0.2, 0.25) is 0 Å². The average molecular weight is 640 g/mol. The highest BCUT2D eigenvalue weighted by Crippen LogP contribution is 2.38. The van der Waals surface area contributed by atoms with E-state index in [0.29, 0.717) is 45.5 Å². The standard InChI is InChI=1S/C34H32Cl2O4S2/c1-39-29-15-7-23(8-16-29)31(37)21-33(25-3-11-27(35)12-4-25)41-19-20-42-34(26-5-13-28(36)14-6-26)22-32(38)24-9-17-30(40-2)18-10-24/h3-18,33-34H,19-22H2,1-2H3. The first kappa shape index (κ1) is 32.0. The summed E-state index contributed by atoms with van der Waals surface area (Å²) in [5, 5.41) is 1.25. The van der Waals surface area contributed by atoms with E-state index in [1.165, 1.54) is 0 Å². The van der Waals surface area contributed by atoms with Gasteiger partial charge in [0, 0.05) is 56.0 Å². The van der Waals surface area contributed by atoms with Gasteiger partial charge in [0.05, 0.1) is 14.2 Å². The van der Waals surface area contributed by atoms with Crippen molar-refractivity contribution in [2.75, 3.05) is 25.7 Å². The lowest BCUT2D eigenvalue weighted by atomic mass is 10.0. The quantitative estimate of drug-likeness (QED) is 0.0954. The topological polar surface area (TPSA) is 52.6 Å². The number of hydrogen-bond acceptors (Lipinski definition) is 6. The zero-order chi connectivity index (χ0) is 29.9. The van der Waals surface area contributed by atoms with E-state index < -0.39 is 0 Å². The van der Waals surface area contributed by atoms with Crippen LogP contribution in [0.25, 0.3) is 0 Å². The number of benzene rings is 4. The van der Waals surface area contributed by atoms with E-state index in [2.05, 4.69) is 0 Å². The van der Waals surface area contributed by atoms with Crippen LogP contribution in [0.5, 0.6) is 11.5 Å². The summed E-state index contributed by atoms with van der Waals surface area (Å²) in [5.41, 5.74) is 3.43. The summed E-state index contributed by atoms with van der Waals surface area (Å²) in [6, 6.07) is 29.8. The van der Waals surface area contributed by atoms with Gasteiger partial charge in [-0.25, -0.2) is 0 Å². The first-order valence-electron chi connectivity index (χ1n) is 13.4. The number of hydrogen-bond donors (Lipinski definition) is 0. The number of halogens is 2. The summed E-state index contributed by atoms with van der Waals surface area (Å²) >= 11 is 15.8. The highest BCUT2D eigenvalue weighted by Gasteiger charge is 2.21. The molecular weight excluding hydrogens is 607 g/mol. The Labute approximate surface area is 266 Å². The fraction of sp³-hybridized carbons (Fsp3) is 0.235. The van der Waals surface area contributed by atoms with Gasteiger partial charge in [0.25, 0.3) is 0 Å². The van der Waals surface area contributed by atoms with Crippen molar-refractivity contribution in [1.82, 2.24) is 0 Å². The molecule has 0 heterocycles. The second-order valence-corrected chi connectivity index (χ2v) is 13.0. The highest BCUT2D eigenvalue weighted by molar-refractivity contribution is 8.03. The van der Waals surface area contributed by atoms with Crippen molar-refractivity contribution in [3.8, 4) is 11.5 Å². The summed E-state index contributed by atoms with van der Waals surface area (Å²) in [4.78, 5) is 26.4. The average Bonchev–Trinajstić information content (AvgIpc) is 3.02. The molecule has 0 spiro atoms. The summed E-state index contributed by atoms with van der Waals surface area (Å²) in [6.45, 7) is 0. The number of rotatable bonds is 15. The predicted molar refractivity (Wildman–Crippen MR) is 177 cm³/mol. The summed E-state index contributed by atoms with van der Waals surface area (Å²) in [7, 11) is 3.21. The number of carbonyl (C=O) groups excluding carboxylic acids is 2. The van der Waals surface area contributed by atoms with Gasteiger partial charge in [-0.05, 0) is 83.9 Å². The molecule has 2 unspecified atom stereocenters. The Morgan fingerprint density at radius 2 is 0.905 bits per heavy atom. The fourth-order valence-corrected chi connectivity index (χ4v) is 7.24. The van der Waals surface area contributed by atoms with Crippen LogP contribution in [0.2, 0.25) is 10.0 Å². The first-order chi connectivity index (χ1) is 20.4. The third kappa shape index (κ3) is 9.30. The molecule has 4 aromatic rings. The van der Waals surface area contributed by atoms with E-state index in [9.17, 15) is 9.59 Å². The molecule has 4 aromatic carbocycles. The van der Waals surface area contributed by atoms with E-state index in [-0.39, 0.29) is 22.1 Å². The maximum Gasteiger partial charge on any atom is 0.164 e. The number of ether oxygens (including phenoxy) is 2. The molecule has 8 heteroatoms. The van der Waals surface area contributed by atoms with Gasteiger partial charge >= 0.3 is 0 Å². The van der Waals surface area contributed by atoms with Gasteiger partial charge < -0.3 is 9.47 Å². The van der Waals surface area contributed by atoms with Crippen molar-refractivity contribution in [3.05, 3.63) is 129 Å². The van der Waals surface area contributed by atoms with Crippen LogP contribution in [0.4, 0.5) is 0 Å². The van der Waals surface area contributed by atoms with Crippen LogP contribution < -0.4 is 9.47 Å². The lowest BCUT2D eigenvalue weighted by molar-refractivity contribution is 0.0974. The minimum absolute atomic E-state index is 0.0348. The minimum atomic E-state index is -0.0348. The van der Waals surface area contributed by atoms with Gasteiger partial charge in [-0.15, -0.1) is 0 Å². The Bertz CT molecular complexity index is 1330. The van der Waals surface area contributed by atoms with Crippen molar-refractivity contribution in [1.29, 1.82) is 0 Å². The molecule has 0 aromatic heterocycles. The molecule has 0 radical (unpaired) electrons. The molecule has 0 amide bonds. The molecule has 2 atom stereocenters. The SMILES string of the molecule is COc1ccc(C(=O)CC(SCCSC(CC(=O)c2ccc(OC)cc2)c2ccc(Cl)cc2)c2ccc(Cl)cc2)cc1. The fourth-order valence-electron chi connectivity index (χ4n) is 4.41. The smallest absolute Gasteiger partial charge is 0.164 e. The molecular formula is C34H32Cl2O4S2. The van der Waals surface area contributed by atoms with Crippen molar-refractivity contribution in [2.45, 2.75) is 23.3 Å². The normalized spacial score (nSPS) is 12.4. The van der Waals surface area contributed by atoms with E-state index >= 15 is 0 Å². The molecule has 42 heavy (non-hydrogen) atoms. The molecule has 0 aliphatic rings. The van der Waals surface area contributed by atoms with Crippen molar-refractivity contribution in [2.24, 2.45) is 0 Å². The van der Waals surface area contributed by atoms with Crippen LogP contribution in [0.1, 0.15) is 55.2 Å². The van der Waals surface area contributed by atoms with Crippen LogP contribution in [0.3, 0.4) is 0 Å². The monoisotopic (exact) mass is 638 g/mol. The Morgan fingerprint density at radius 1 is 0.571 bits per heavy atom. The zero-order valence-electron chi connectivity index (χ0n) is 23.4. The lowest BCUT2D eigenvalue weighted by Gasteiger charge is -2.19. The molecule has 0 aliphatic carbocycles. The molecule has 0 saturated carbocycles. The first-order valence-corrected chi connectivity index (χ1v) is 16.3. The molecule has 0 fully saturated rings. The molecule has 0 saturated heterocycles. The van der Waals surface area contributed by atoms with Gasteiger partial charge in [0.15, 0.2) is 11.6 Å². The van der Waals surface area contributed by atoms with Crippen molar-refractivity contribution in [3.63, 3.8) is 0 Å². The maximum atomic E-state index is 13.2. The number of Topliss-reactive ketones (excluding diaryl/α,β-unsaturated/α-hetero) is 2. The van der Waals surface area contributed by atoms with E-state index in [0.717, 1.165) is 22.6 Å². The molecule has 0 bridgehead atoms. The highest BCUT2D eigenvalue weighted by atomic mass is 35.5. The van der Waals surface area contributed by atoms with Crippen molar-refractivity contribution < 1.29 is 19.1 Å². The number of carbonyl (C=O) groups is 2. The van der Waals surface area contributed by atoms with E-state index in [1.54, 1.807) is 86.3 Å². The Balaban J connectivity index is 1.43. The van der Waals surface area contributed by atoms with E-state index in [1.807, 2.05) is 48.5 Å². The zero-order valence-corrected chi connectivity index (χ0v) is 26.6. The molecule has 218 valence electrons. The molecule has 4 nitrogen and oxygen atoms in total. The van der Waals surface area contributed by atoms with Crippen LogP contribution >= 0.6 is 46.7 Å². The molecule has 4 rings (SSSR count). The number of thioether (sulfide) groups is 2. The van der Waals surface area contributed by atoms with Crippen LogP contribution in [-0.2, 0) is 0 Å². The summed E-state index contributed by atoms with van der Waals surface area (Å²) in [5.74, 6) is 3.17. The van der Waals surface area contributed by atoms with Crippen LogP contribution in [0.15, 0.2) is 97.1 Å². The second kappa shape index (κ2) is 16.1. The minimum Gasteiger partial charge on any atom is -0.497 e. The molecule has 0 N–H and O–H groups in total. The Kier molecular flexibility index (Phi) is 12.3. The van der Waals surface area contributed by atoms with E-state index in [4.69, 9.17) is 32.7 Å². The number of ketones is 2. The van der Waals surface area contributed by atoms with Crippen molar-refractivity contribution >= 4 is 58.3 Å². The predicted octanol–water partition coefficient (Wildman–Crippen LogP) is 9.81. The summed E-state index contributed by atoms with van der Waals surface area (Å²) in [6.07, 6.45) is 0.722. The number of methoxy groups -OCH3 is 2. The van der Waals surface area contributed by atoms with Crippen LogP contribution in [0, 0.1) is 0 Å². The lowest BCUT2D eigenvalue weighted by Crippen LogP contribution is -2.08. The molecule has 0 aliphatic heterocycles. The summed E-state index contributed by atoms with van der Waals surface area (Å²) < 4.78 is 10.5. The Morgan fingerprint density at radius 3 is 1.21 bits per heavy atom. The van der Waals surface area contributed by atoms with Crippen LogP contribution in [-0.4, -0.2) is 37.3 Å². The third-order valence-electron chi connectivity index (χ3n) is 6.77. The Hall–Kier alpha value is -2.90. The largest absolute Gasteiger partial charge is 0.497 e. The van der Waals surface area contributed by atoms with Gasteiger partial charge in [-0.2, -0.15) is 23.5 Å². The van der Waals surface area contributed by atoms with Gasteiger partial charge in [-0.3, -0.25) is 9.59 Å². The third-order valence-corrected chi connectivity index (χ3v) is 10.1. The van der Waals surface area contributed by atoms with Gasteiger partial charge in [-0.1, -0.05) is 47.5 Å². The second-order valence-electron chi connectivity index (χ2n) is 9.53. The van der Waals surface area contributed by atoms with Gasteiger partial charge in [0.1, 0.15) is 11.5 Å².